The number of amides is 1. The number of hydrogen-bond donors (Lipinski definition) is 3. The van der Waals surface area contributed by atoms with E-state index in [0.717, 1.165) is 66.6 Å². The standard InChI is InChI=1S/C29H39N5O4S/c30-28(36)20-25-18-24(22-4-2-1-3-5-22)19-26-27(21-31-29(25)26)23-6-8-34(9-7-23)39(37,38)17-15-33-12-10-32(11-13-33)14-16-35/h1-5,18-19,21,23,31,35H,6-17,20H2,(H2,30,36). The van der Waals surface area contributed by atoms with Crippen molar-refractivity contribution in [1.82, 2.24) is 19.1 Å². The highest BCUT2D eigenvalue weighted by atomic mass is 32.2. The van der Waals surface area contributed by atoms with Crippen LogP contribution in [0.3, 0.4) is 0 Å². The predicted molar refractivity (Wildman–Crippen MR) is 154 cm³/mol. The molecule has 0 spiro atoms. The Morgan fingerprint density at radius 1 is 0.949 bits per heavy atom. The van der Waals surface area contributed by atoms with Crippen LogP contribution in [-0.4, -0.2) is 103 Å². The van der Waals surface area contributed by atoms with Gasteiger partial charge in [-0.25, -0.2) is 12.7 Å². The van der Waals surface area contributed by atoms with Crippen LogP contribution in [0.25, 0.3) is 22.0 Å². The second kappa shape index (κ2) is 12.2. The van der Waals surface area contributed by atoms with E-state index in [4.69, 9.17) is 10.8 Å². The first-order chi connectivity index (χ1) is 18.8. The molecule has 210 valence electrons. The molecule has 0 unspecified atom stereocenters. The molecule has 2 aliphatic rings. The SMILES string of the molecule is NC(=O)Cc1cc(-c2ccccc2)cc2c(C3CCN(S(=O)(=O)CCN4CCN(CCO)CC4)CC3)c[nH]c12. The van der Waals surface area contributed by atoms with E-state index in [1.54, 1.807) is 4.31 Å². The van der Waals surface area contributed by atoms with Crippen molar-refractivity contribution in [3.05, 3.63) is 59.8 Å². The Balaban J connectivity index is 1.26. The van der Waals surface area contributed by atoms with Gasteiger partial charge in [0.15, 0.2) is 0 Å². The maximum atomic E-state index is 13.2. The molecule has 9 nitrogen and oxygen atoms in total. The number of nitrogens with one attached hydrogen (secondary N) is 1. The van der Waals surface area contributed by atoms with Crippen LogP contribution in [0.1, 0.15) is 29.9 Å². The molecule has 10 heteroatoms. The van der Waals surface area contributed by atoms with Crippen LogP contribution in [-0.2, 0) is 21.2 Å². The van der Waals surface area contributed by atoms with E-state index >= 15 is 0 Å². The zero-order chi connectivity index (χ0) is 27.4. The topological polar surface area (TPSA) is 123 Å². The van der Waals surface area contributed by atoms with Crippen molar-refractivity contribution in [1.29, 1.82) is 0 Å². The molecule has 3 aromatic rings. The maximum Gasteiger partial charge on any atom is 0.221 e. The number of nitrogens with zero attached hydrogens (tertiary/aromatic N) is 3. The number of rotatable bonds is 10. The number of benzene rings is 2. The quantitative estimate of drug-likeness (QED) is 0.353. The number of β-amino-alcohol motifs (C(OH)–C–C–N with tert-alkyl or cyclic N) is 1. The highest BCUT2D eigenvalue weighted by Gasteiger charge is 2.30. The van der Waals surface area contributed by atoms with E-state index < -0.39 is 10.0 Å². The normalized spacial score (nSPS) is 18.6. The van der Waals surface area contributed by atoms with E-state index in [-0.39, 0.29) is 30.6 Å². The number of aromatic nitrogens is 1. The number of carbonyl (C=O) groups excluding carboxylic acids is 1. The Bertz CT molecular complexity index is 1380. The Kier molecular flexibility index (Phi) is 8.68. The summed E-state index contributed by atoms with van der Waals surface area (Å²) in [5, 5.41) is 10.2. The molecular formula is C29H39N5O4S. The molecule has 0 saturated carbocycles. The number of piperazine rings is 1. The van der Waals surface area contributed by atoms with Crippen molar-refractivity contribution in [3.63, 3.8) is 0 Å². The molecule has 0 radical (unpaired) electrons. The molecule has 0 atom stereocenters. The summed E-state index contributed by atoms with van der Waals surface area (Å²) < 4.78 is 28.0. The first kappa shape index (κ1) is 27.8. The number of fused-ring (bicyclic) bond motifs is 1. The molecular weight excluding hydrogens is 514 g/mol. The van der Waals surface area contributed by atoms with Crippen molar-refractivity contribution >= 4 is 26.8 Å². The van der Waals surface area contributed by atoms with Crippen molar-refractivity contribution in [2.75, 3.05) is 64.7 Å². The molecule has 2 aliphatic heterocycles. The van der Waals surface area contributed by atoms with E-state index in [1.807, 2.05) is 30.5 Å². The van der Waals surface area contributed by atoms with Gasteiger partial charge < -0.3 is 15.8 Å². The van der Waals surface area contributed by atoms with E-state index in [0.29, 0.717) is 26.2 Å². The minimum absolute atomic E-state index is 0.141. The predicted octanol–water partition coefficient (Wildman–Crippen LogP) is 1.98. The van der Waals surface area contributed by atoms with Crippen LogP contribution in [0.4, 0.5) is 0 Å². The maximum absolute atomic E-state index is 13.2. The van der Waals surface area contributed by atoms with Gasteiger partial charge in [0.2, 0.25) is 15.9 Å². The van der Waals surface area contributed by atoms with E-state index in [9.17, 15) is 13.2 Å². The molecule has 2 fully saturated rings. The zero-order valence-corrected chi connectivity index (χ0v) is 23.2. The Morgan fingerprint density at radius 3 is 2.26 bits per heavy atom. The molecule has 0 aliphatic carbocycles. The largest absolute Gasteiger partial charge is 0.395 e. The summed E-state index contributed by atoms with van der Waals surface area (Å²) in [6.45, 7) is 5.80. The van der Waals surface area contributed by atoms with Crippen LogP contribution in [0.15, 0.2) is 48.7 Å². The zero-order valence-electron chi connectivity index (χ0n) is 22.4. The molecule has 3 heterocycles. The van der Waals surface area contributed by atoms with Crippen LogP contribution >= 0.6 is 0 Å². The van der Waals surface area contributed by atoms with Crippen LogP contribution in [0.5, 0.6) is 0 Å². The van der Waals surface area contributed by atoms with Gasteiger partial charge in [-0.15, -0.1) is 0 Å². The van der Waals surface area contributed by atoms with Gasteiger partial charge in [0.1, 0.15) is 0 Å². The lowest BCUT2D eigenvalue weighted by Crippen LogP contribution is -2.49. The third-order valence-electron chi connectivity index (χ3n) is 8.21. The number of piperidine rings is 1. The minimum Gasteiger partial charge on any atom is -0.395 e. The fraction of sp³-hybridized carbons (Fsp3) is 0.483. The monoisotopic (exact) mass is 553 g/mol. The highest BCUT2D eigenvalue weighted by Crippen LogP contribution is 2.37. The first-order valence-corrected chi connectivity index (χ1v) is 15.5. The van der Waals surface area contributed by atoms with Crippen molar-refractivity contribution in [3.8, 4) is 11.1 Å². The van der Waals surface area contributed by atoms with Crippen molar-refractivity contribution in [2.45, 2.75) is 25.2 Å². The molecule has 2 saturated heterocycles. The Labute approximate surface area is 230 Å². The number of hydrogen-bond acceptors (Lipinski definition) is 6. The molecule has 2 aromatic carbocycles. The number of sulfonamides is 1. The lowest BCUT2D eigenvalue weighted by molar-refractivity contribution is -0.117. The molecule has 0 bridgehead atoms. The fourth-order valence-corrected chi connectivity index (χ4v) is 7.50. The van der Waals surface area contributed by atoms with Crippen LogP contribution < -0.4 is 5.73 Å². The van der Waals surface area contributed by atoms with Gasteiger partial charge in [0.25, 0.3) is 0 Å². The third-order valence-corrected chi connectivity index (χ3v) is 10.1. The smallest absolute Gasteiger partial charge is 0.221 e. The summed E-state index contributed by atoms with van der Waals surface area (Å²) in [6.07, 6.45) is 3.69. The van der Waals surface area contributed by atoms with Gasteiger partial charge in [-0.3, -0.25) is 14.6 Å². The molecule has 39 heavy (non-hydrogen) atoms. The van der Waals surface area contributed by atoms with Crippen LogP contribution in [0, 0.1) is 0 Å². The number of aromatic amines is 1. The van der Waals surface area contributed by atoms with Gasteiger partial charge in [-0.05, 0) is 53.1 Å². The van der Waals surface area contributed by atoms with Gasteiger partial charge >= 0.3 is 0 Å². The van der Waals surface area contributed by atoms with E-state index in [1.165, 1.54) is 5.56 Å². The van der Waals surface area contributed by atoms with Gasteiger partial charge in [-0.1, -0.05) is 30.3 Å². The lowest BCUT2D eigenvalue weighted by atomic mass is 9.88. The van der Waals surface area contributed by atoms with Gasteiger partial charge in [0, 0.05) is 69.5 Å². The Hall–Kier alpha value is -2.76. The summed E-state index contributed by atoms with van der Waals surface area (Å²) in [7, 11) is -3.33. The lowest BCUT2D eigenvalue weighted by Gasteiger charge is -2.35. The van der Waals surface area contributed by atoms with Crippen LogP contribution in [0.2, 0.25) is 0 Å². The number of H-pyrrole nitrogens is 1. The molecule has 1 aromatic heterocycles. The van der Waals surface area contributed by atoms with E-state index in [2.05, 4.69) is 33.0 Å². The summed E-state index contributed by atoms with van der Waals surface area (Å²) in [6, 6.07) is 14.3. The molecule has 1 amide bonds. The summed E-state index contributed by atoms with van der Waals surface area (Å²) in [5.74, 6) is 0.00209. The second-order valence-electron chi connectivity index (χ2n) is 10.7. The second-order valence-corrected chi connectivity index (χ2v) is 12.8. The Morgan fingerprint density at radius 2 is 1.62 bits per heavy atom. The fourth-order valence-electron chi connectivity index (χ4n) is 5.99. The average Bonchev–Trinajstić information content (AvgIpc) is 3.38. The number of primary amides is 1. The van der Waals surface area contributed by atoms with Crippen molar-refractivity contribution < 1.29 is 18.3 Å². The summed E-state index contributed by atoms with van der Waals surface area (Å²) in [4.78, 5) is 19.6. The third kappa shape index (κ3) is 6.53. The number of carbonyl (C=O) groups is 1. The van der Waals surface area contributed by atoms with Gasteiger partial charge in [0.05, 0.1) is 18.8 Å². The molecule has 5 rings (SSSR count). The molecule has 4 N–H and O–H groups in total. The number of aliphatic hydroxyl groups is 1. The average molecular weight is 554 g/mol. The van der Waals surface area contributed by atoms with Crippen molar-refractivity contribution in [2.24, 2.45) is 5.73 Å². The minimum atomic E-state index is -3.33. The van der Waals surface area contributed by atoms with Gasteiger partial charge in [-0.2, -0.15) is 0 Å². The highest BCUT2D eigenvalue weighted by molar-refractivity contribution is 7.89. The summed E-state index contributed by atoms with van der Waals surface area (Å²) in [5.41, 5.74) is 10.7. The summed E-state index contributed by atoms with van der Waals surface area (Å²) >= 11 is 0. The first-order valence-electron chi connectivity index (χ1n) is 13.8. The number of nitrogens with two attached hydrogens (primary N) is 1. The number of aliphatic hydroxyl groups excluding tert-OH is 1.